The van der Waals surface area contributed by atoms with E-state index in [0.717, 1.165) is 11.1 Å². The molecule has 1 heterocycles. The summed E-state index contributed by atoms with van der Waals surface area (Å²) in [6.45, 7) is 0.610. The van der Waals surface area contributed by atoms with Gasteiger partial charge in [-0.05, 0) is 41.8 Å². The lowest BCUT2D eigenvalue weighted by molar-refractivity contribution is -0.123. The highest BCUT2D eigenvalue weighted by Gasteiger charge is 2.34. The van der Waals surface area contributed by atoms with Crippen LogP contribution in [0.2, 0.25) is 0 Å². The first-order valence-electron chi connectivity index (χ1n) is 7.96. The van der Waals surface area contributed by atoms with E-state index in [2.05, 4.69) is 5.92 Å². The van der Waals surface area contributed by atoms with Crippen molar-refractivity contribution >= 4 is 11.8 Å². The van der Waals surface area contributed by atoms with E-state index >= 15 is 0 Å². The fourth-order valence-corrected chi connectivity index (χ4v) is 3.08. The monoisotopic (exact) mass is 334 g/mol. The molecule has 5 nitrogen and oxygen atoms in total. The zero-order valence-corrected chi connectivity index (χ0v) is 13.6. The van der Waals surface area contributed by atoms with Crippen LogP contribution in [-0.4, -0.2) is 29.9 Å². The maximum absolute atomic E-state index is 12.9. The van der Waals surface area contributed by atoms with Gasteiger partial charge in [-0.3, -0.25) is 9.59 Å². The molecule has 2 aromatic carbocycles. The summed E-state index contributed by atoms with van der Waals surface area (Å²) in [5.74, 6) is 2.20. The zero-order valence-electron chi connectivity index (χ0n) is 13.6. The van der Waals surface area contributed by atoms with Gasteiger partial charge in [0.25, 0.3) is 5.91 Å². The summed E-state index contributed by atoms with van der Waals surface area (Å²) in [6, 6.07) is 13.5. The van der Waals surface area contributed by atoms with Gasteiger partial charge in [0.15, 0.2) is 0 Å². The van der Waals surface area contributed by atoms with Crippen LogP contribution in [0.3, 0.4) is 0 Å². The maximum Gasteiger partial charge on any atom is 0.254 e. The first-order valence-corrected chi connectivity index (χ1v) is 7.96. The number of nitrogens with two attached hydrogens (primary N) is 1. The standard InChI is InChI=1S/C20H18N2O3/c1-2-13-25-16-9-7-15(8-10-16)20(24)22-12-11-14-5-3-4-6-17(14)18(22)19(21)23/h1,3-10,18H,11-13H2,(H2,21,23)/t18-/m1/s1. The van der Waals surface area contributed by atoms with Crippen LogP contribution in [0.1, 0.15) is 27.5 Å². The Kier molecular flexibility index (Phi) is 4.71. The van der Waals surface area contributed by atoms with Crippen LogP contribution in [0.15, 0.2) is 48.5 Å². The van der Waals surface area contributed by atoms with Crippen molar-refractivity contribution in [3.8, 4) is 18.1 Å². The number of carbonyl (C=O) groups is 2. The number of hydrogen-bond donors (Lipinski definition) is 1. The number of ether oxygens (including phenoxy) is 1. The average Bonchev–Trinajstić information content (AvgIpc) is 2.65. The maximum atomic E-state index is 12.9. The van der Waals surface area contributed by atoms with Crippen molar-refractivity contribution in [2.24, 2.45) is 5.73 Å². The number of benzene rings is 2. The summed E-state index contributed by atoms with van der Waals surface area (Å²) < 4.78 is 5.31. The second-order valence-corrected chi connectivity index (χ2v) is 5.77. The molecule has 2 amide bonds. The molecule has 0 bridgehead atoms. The van der Waals surface area contributed by atoms with Crippen LogP contribution in [0.4, 0.5) is 0 Å². The van der Waals surface area contributed by atoms with E-state index in [9.17, 15) is 9.59 Å². The van der Waals surface area contributed by atoms with Gasteiger partial charge >= 0.3 is 0 Å². The van der Waals surface area contributed by atoms with E-state index < -0.39 is 11.9 Å². The molecule has 0 unspecified atom stereocenters. The molecular weight excluding hydrogens is 316 g/mol. The molecular formula is C20H18N2O3. The molecule has 0 spiro atoms. The molecule has 126 valence electrons. The fraction of sp³-hybridized carbons (Fsp3) is 0.200. The van der Waals surface area contributed by atoms with Gasteiger partial charge in [-0.2, -0.15) is 0 Å². The van der Waals surface area contributed by atoms with Crippen LogP contribution in [-0.2, 0) is 11.2 Å². The van der Waals surface area contributed by atoms with Crippen molar-refractivity contribution < 1.29 is 14.3 Å². The Labute approximate surface area is 146 Å². The Morgan fingerprint density at radius 3 is 2.60 bits per heavy atom. The van der Waals surface area contributed by atoms with Gasteiger partial charge in [-0.1, -0.05) is 30.2 Å². The van der Waals surface area contributed by atoms with Gasteiger partial charge < -0.3 is 15.4 Å². The SMILES string of the molecule is C#CCOc1ccc(C(=O)N2CCc3ccccc3[C@@H]2C(N)=O)cc1. The molecule has 1 atom stereocenters. The van der Waals surface area contributed by atoms with Crippen molar-refractivity contribution in [2.45, 2.75) is 12.5 Å². The van der Waals surface area contributed by atoms with Crippen LogP contribution >= 0.6 is 0 Å². The quantitative estimate of drug-likeness (QED) is 0.868. The molecule has 3 rings (SSSR count). The molecule has 1 aliphatic heterocycles. The number of fused-ring (bicyclic) bond motifs is 1. The van der Waals surface area contributed by atoms with E-state index in [1.165, 1.54) is 4.90 Å². The lowest BCUT2D eigenvalue weighted by Gasteiger charge is -2.35. The number of carbonyl (C=O) groups excluding carboxylic acids is 2. The van der Waals surface area contributed by atoms with E-state index in [1.807, 2.05) is 24.3 Å². The Balaban J connectivity index is 1.86. The molecule has 2 N–H and O–H groups in total. The second kappa shape index (κ2) is 7.10. The minimum Gasteiger partial charge on any atom is -0.481 e. The summed E-state index contributed by atoms with van der Waals surface area (Å²) >= 11 is 0. The third-order valence-electron chi connectivity index (χ3n) is 4.24. The van der Waals surface area contributed by atoms with Crippen molar-refractivity contribution in [1.29, 1.82) is 0 Å². The third-order valence-corrected chi connectivity index (χ3v) is 4.24. The first-order chi connectivity index (χ1) is 12.1. The number of nitrogens with zero attached hydrogens (tertiary/aromatic N) is 1. The predicted molar refractivity (Wildman–Crippen MR) is 93.9 cm³/mol. The molecule has 25 heavy (non-hydrogen) atoms. The molecule has 2 aromatic rings. The van der Waals surface area contributed by atoms with E-state index in [0.29, 0.717) is 24.3 Å². The highest BCUT2D eigenvalue weighted by atomic mass is 16.5. The molecule has 1 aliphatic rings. The Bertz CT molecular complexity index is 837. The molecule has 0 aliphatic carbocycles. The summed E-state index contributed by atoms with van der Waals surface area (Å²) in [5.41, 5.74) is 7.91. The molecule has 0 saturated carbocycles. The second-order valence-electron chi connectivity index (χ2n) is 5.77. The minimum atomic E-state index is -0.755. The number of hydrogen-bond acceptors (Lipinski definition) is 3. The number of rotatable bonds is 4. The van der Waals surface area contributed by atoms with E-state index in [-0.39, 0.29) is 12.5 Å². The lowest BCUT2D eigenvalue weighted by Crippen LogP contribution is -2.45. The Morgan fingerprint density at radius 2 is 1.92 bits per heavy atom. The van der Waals surface area contributed by atoms with E-state index in [4.69, 9.17) is 16.9 Å². The summed E-state index contributed by atoms with van der Waals surface area (Å²) in [6.07, 6.45) is 5.84. The normalized spacial score (nSPS) is 15.8. The van der Waals surface area contributed by atoms with Crippen molar-refractivity contribution in [3.63, 3.8) is 0 Å². The van der Waals surface area contributed by atoms with Gasteiger partial charge in [0, 0.05) is 12.1 Å². The van der Waals surface area contributed by atoms with Gasteiger partial charge in [0.05, 0.1) is 0 Å². The zero-order chi connectivity index (χ0) is 17.8. The molecule has 0 saturated heterocycles. The van der Waals surface area contributed by atoms with Crippen molar-refractivity contribution in [2.75, 3.05) is 13.2 Å². The Hall–Kier alpha value is -3.26. The van der Waals surface area contributed by atoms with Crippen molar-refractivity contribution in [3.05, 3.63) is 65.2 Å². The molecule has 5 heteroatoms. The molecule has 0 fully saturated rings. The van der Waals surface area contributed by atoms with Crippen LogP contribution < -0.4 is 10.5 Å². The summed E-state index contributed by atoms with van der Waals surface area (Å²) in [5, 5.41) is 0. The topological polar surface area (TPSA) is 72.6 Å². The summed E-state index contributed by atoms with van der Waals surface area (Å²) in [7, 11) is 0. The summed E-state index contributed by atoms with van der Waals surface area (Å²) in [4.78, 5) is 26.4. The Morgan fingerprint density at radius 1 is 1.20 bits per heavy atom. The van der Waals surface area contributed by atoms with Crippen molar-refractivity contribution in [1.82, 2.24) is 4.90 Å². The van der Waals surface area contributed by atoms with Gasteiger partial charge in [-0.25, -0.2) is 0 Å². The van der Waals surface area contributed by atoms with Crippen LogP contribution in [0.25, 0.3) is 0 Å². The van der Waals surface area contributed by atoms with Gasteiger partial charge in [0.1, 0.15) is 18.4 Å². The average molecular weight is 334 g/mol. The first kappa shape index (κ1) is 16.6. The largest absolute Gasteiger partial charge is 0.481 e. The molecule has 0 aromatic heterocycles. The smallest absolute Gasteiger partial charge is 0.254 e. The highest BCUT2D eigenvalue weighted by molar-refractivity contribution is 5.98. The van der Waals surface area contributed by atoms with Gasteiger partial charge in [0.2, 0.25) is 5.91 Å². The van der Waals surface area contributed by atoms with E-state index in [1.54, 1.807) is 24.3 Å². The van der Waals surface area contributed by atoms with Gasteiger partial charge in [-0.15, -0.1) is 6.42 Å². The fourth-order valence-electron chi connectivity index (χ4n) is 3.08. The minimum absolute atomic E-state index is 0.167. The number of amides is 2. The lowest BCUT2D eigenvalue weighted by atomic mass is 9.91. The number of terminal acetylenes is 1. The van der Waals surface area contributed by atoms with Crippen LogP contribution in [0, 0.1) is 12.3 Å². The van der Waals surface area contributed by atoms with Crippen LogP contribution in [0.5, 0.6) is 5.75 Å². The highest BCUT2D eigenvalue weighted by Crippen LogP contribution is 2.30. The third kappa shape index (κ3) is 3.33. The molecule has 0 radical (unpaired) electrons. The number of primary amides is 1. The predicted octanol–water partition coefficient (Wildman–Crippen LogP) is 1.92.